The minimum Gasteiger partial charge on any atom is -0.444 e. The molecule has 1 aliphatic rings. The lowest BCUT2D eigenvalue weighted by Crippen LogP contribution is -2.51. The van der Waals surface area contributed by atoms with Crippen LogP contribution in [0.2, 0.25) is 0 Å². The fourth-order valence-electron chi connectivity index (χ4n) is 3.32. The zero-order valence-corrected chi connectivity index (χ0v) is 16.6. The number of rotatable bonds is 5. The molecule has 2 amide bonds. The number of ether oxygens (including phenoxy) is 1. The van der Waals surface area contributed by atoms with Crippen molar-refractivity contribution >= 4 is 12.0 Å². The van der Waals surface area contributed by atoms with Gasteiger partial charge in [-0.2, -0.15) is 5.26 Å². The molecule has 0 saturated heterocycles. The standard InChI is InChI=1S/C21H29N3O3/c1-21(2,3)27-20(26)23-18(13-15-9-11-16(14-22)12-10-15)19(25)24(4)17-7-5-6-8-17/h9-12,17-18H,5-8,13H2,1-4H3,(H,23,26)/t18-/m0/s1. The Morgan fingerprint density at radius 3 is 2.37 bits per heavy atom. The van der Waals surface area contributed by atoms with E-state index in [4.69, 9.17) is 10.00 Å². The van der Waals surface area contributed by atoms with Crippen LogP contribution in [0, 0.1) is 11.3 Å². The Morgan fingerprint density at radius 2 is 1.85 bits per heavy atom. The van der Waals surface area contributed by atoms with Crippen LogP contribution in [0.25, 0.3) is 0 Å². The molecule has 6 heteroatoms. The van der Waals surface area contributed by atoms with Gasteiger partial charge in [-0.05, 0) is 51.3 Å². The van der Waals surface area contributed by atoms with E-state index in [0.717, 1.165) is 31.2 Å². The molecule has 1 aromatic rings. The molecule has 1 N–H and O–H groups in total. The molecule has 1 fully saturated rings. The molecule has 0 aromatic heterocycles. The van der Waals surface area contributed by atoms with Gasteiger partial charge in [0.15, 0.2) is 0 Å². The number of amides is 2. The van der Waals surface area contributed by atoms with E-state index in [1.807, 2.05) is 12.1 Å². The van der Waals surface area contributed by atoms with Crippen molar-refractivity contribution in [2.45, 2.75) is 70.6 Å². The quantitative estimate of drug-likeness (QED) is 0.860. The summed E-state index contributed by atoms with van der Waals surface area (Å²) in [6.07, 6.45) is 4.00. The number of carbonyl (C=O) groups excluding carboxylic acids is 2. The third-order valence-electron chi connectivity index (χ3n) is 4.73. The molecule has 1 saturated carbocycles. The van der Waals surface area contributed by atoms with Crippen LogP contribution in [0.5, 0.6) is 0 Å². The molecule has 6 nitrogen and oxygen atoms in total. The summed E-state index contributed by atoms with van der Waals surface area (Å²) in [6.45, 7) is 5.36. The highest BCUT2D eigenvalue weighted by atomic mass is 16.6. The first kappa shape index (κ1) is 20.8. The zero-order chi connectivity index (χ0) is 20.0. The van der Waals surface area contributed by atoms with Crippen LogP contribution < -0.4 is 5.32 Å². The molecule has 0 heterocycles. The van der Waals surface area contributed by atoms with Gasteiger partial charge >= 0.3 is 6.09 Å². The fourth-order valence-corrected chi connectivity index (χ4v) is 3.32. The van der Waals surface area contributed by atoms with Crippen molar-refractivity contribution in [1.29, 1.82) is 5.26 Å². The molecular formula is C21H29N3O3. The molecule has 0 radical (unpaired) electrons. The summed E-state index contributed by atoms with van der Waals surface area (Å²) in [5.41, 5.74) is 0.803. The Labute approximate surface area is 161 Å². The molecule has 1 aliphatic carbocycles. The van der Waals surface area contributed by atoms with Crippen molar-refractivity contribution in [2.24, 2.45) is 0 Å². The molecule has 27 heavy (non-hydrogen) atoms. The predicted octanol–water partition coefficient (Wildman–Crippen LogP) is 3.40. The van der Waals surface area contributed by atoms with Crippen LogP contribution >= 0.6 is 0 Å². The normalized spacial score (nSPS) is 15.7. The molecule has 1 aromatic carbocycles. The third kappa shape index (κ3) is 6.28. The maximum Gasteiger partial charge on any atom is 0.408 e. The summed E-state index contributed by atoms with van der Waals surface area (Å²) in [5.74, 6) is -0.114. The number of hydrogen-bond acceptors (Lipinski definition) is 4. The number of nitrogens with zero attached hydrogens (tertiary/aromatic N) is 2. The Morgan fingerprint density at radius 1 is 1.26 bits per heavy atom. The second-order valence-corrected chi connectivity index (χ2v) is 8.10. The number of nitrogens with one attached hydrogen (secondary N) is 1. The van der Waals surface area contributed by atoms with Gasteiger partial charge in [0.25, 0.3) is 0 Å². The van der Waals surface area contributed by atoms with E-state index in [9.17, 15) is 9.59 Å². The average molecular weight is 371 g/mol. The second-order valence-electron chi connectivity index (χ2n) is 8.10. The average Bonchev–Trinajstić information content (AvgIpc) is 3.13. The van der Waals surface area contributed by atoms with Crippen molar-refractivity contribution in [3.63, 3.8) is 0 Å². The summed E-state index contributed by atoms with van der Waals surface area (Å²) < 4.78 is 5.33. The van der Waals surface area contributed by atoms with Gasteiger partial charge in [-0.1, -0.05) is 25.0 Å². The molecule has 146 valence electrons. The van der Waals surface area contributed by atoms with E-state index >= 15 is 0 Å². The maximum atomic E-state index is 13.1. The van der Waals surface area contributed by atoms with Gasteiger partial charge in [0.1, 0.15) is 11.6 Å². The van der Waals surface area contributed by atoms with Gasteiger partial charge < -0.3 is 15.0 Å². The molecule has 2 rings (SSSR count). The Kier molecular flexibility index (Phi) is 6.84. The summed E-state index contributed by atoms with van der Waals surface area (Å²) in [7, 11) is 1.81. The summed E-state index contributed by atoms with van der Waals surface area (Å²) in [6, 6.07) is 8.64. The van der Waals surface area contributed by atoms with Crippen LogP contribution in [-0.2, 0) is 16.0 Å². The first-order valence-corrected chi connectivity index (χ1v) is 9.45. The first-order valence-electron chi connectivity index (χ1n) is 9.45. The minimum atomic E-state index is -0.710. The van der Waals surface area contributed by atoms with Gasteiger partial charge in [-0.25, -0.2) is 4.79 Å². The molecular weight excluding hydrogens is 342 g/mol. The van der Waals surface area contributed by atoms with Gasteiger partial charge in [-0.15, -0.1) is 0 Å². The van der Waals surface area contributed by atoms with Gasteiger partial charge in [-0.3, -0.25) is 4.79 Å². The number of benzene rings is 1. The number of alkyl carbamates (subject to hydrolysis) is 1. The van der Waals surface area contributed by atoms with Crippen LogP contribution in [0.3, 0.4) is 0 Å². The fraction of sp³-hybridized carbons (Fsp3) is 0.571. The summed E-state index contributed by atoms with van der Waals surface area (Å²) >= 11 is 0. The highest BCUT2D eigenvalue weighted by molar-refractivity contribution is 5.86. The van der Waals surface area contributed by atoms with E-state index in [-0.39, 0.29) is 11.9 Å². The van der Waals surface area contributed by atoms with E-state index in [0.29, 0.717) is 12.0 Å². The van der Waals surface area contributed by atoms with Gasteiger partial charge in [0.2, 0.25) is 5.91 Å². The number of likely N-dealkylation sites (N-methyl/N-ethyl adjacent to an activating group) is 1. The molecule has 0 aliphatic heterocycles. The van der Waals surface area contributed by atoms with Crippen LogP contribution in [0.1, 0.15) is 57.6 Å². The van der Waals surface area contributed by atoms with Crippen LogP contribution in [-0.4, -0.2) is 41.6 Å². The molecule has 0 unspecified atom stereocenters. The van der Waals surface area contributed by atoms with E-state index in [1.165, 1.54) is 0 Å². The van der Waals surface area contributed by atoms with E-state index < -0.39 is 17.7 Å². The lowest BCUT2D eigenvalue weighted by molar-refractivity contribution is -0.134. The lowest BCUT2D eigenvalue weighted by Gasteiger charge is -2.30. The summed E-state index contributed by atoms with van der Waals surface area (Å²) in [5, 5.41) is 11.7. The molecule has 0 bridgehead atoms. The van der Waals surface area contributed by atoms with Crippen molar-refractivity contribution in [2.75, 3.05) is 7.05 Å². The lowest BCUT2D eigenvalue weighted by atomic mass is 10.0. The largest absolute Gasteiger partial charge is 0.444 e. The smallest absolute Gasteiger partial charge is 0.408 e. The highest BCUT2D eigenvalue weighted by Crippen LogP contribution is 2.23. The Balaban J connectivity index is 2.14. The third-order valence-corrected chi connectivity index (χ3v) is 4.73. The number of hydrogen-bond donors (Lipinski definition) is 1. The topological polar surface area (TPSA) is 82.4 Å². The molecule has 0 spiro atoms. The predicted molar refractivity (Wildman–Crippen MR) is 103 cm³/mol. The second kappa shape index (κ2) is 8.90. The Bertz CT molecular complexity index is 695. The maximum absolute atomic E-state index is 13.1. The summed E-state index contributed by atoms with van der Waals surface area (Å²) in [4.78, 5) is 27.1. The SMILES string of the molecule is CN(C(=O)[C@H](Cc1ccc(C#N)cc1)NC(=O)OC(C)(C)C)C1CCCC1. The first-order chi connectivity index (χ1) is 12.7. The van der Waals surface area contributed by atoms with Crippen molar-refractivity contribution in [3.05, 3.63) is 35.4 Å². The van der Waals surface area contributed by atoms with Gasteiger partial charge in [0.05, 0.1) is 11.6 Å². The Hall–Kier alpha value is -2.55. The monoisotopic (exact) mass is 371 g/mol. The van der Waals surface area contributed by atoms with Gasteiger partial charge in [0, 0.05) is 19.5 Å². The van der Waals surface area contributed by atoms with Crippen molar-refractivity contribution < 1.29 is 14.3 Å². The molecule has 1 atom stereocenters. The van der Waals surface area contributed by atoms with Crippen LogP contribution in [0.4, 0.5) is 4.79 Å². The zero-order valence-electron chi connectivity index (χ0n) is 16.6. The highest BCUT2D eigenvalue weighted by Gasteiger charge is 2.31. The van der Waals surface area contributed by atoms with Crippen molar-refractivity contribution in [1.82, 2.24) is 10.2 Å². The number of carbonyl (C=O) groups is 2. The number of nitriles is 1. The van der Waals surface area contributed by atoms with Crippen LogP contribution in [0.15, 0.2) is 24.3 Å². The van der Waals surface area contributed by atoms with Crippen molar-refractivity contribution in [3.8, 4) is 6.07 Å². The van der Waals surface area contributed by atoms with E-state index in [2.05, 4.69) is 11.4 Å². The minimum absolute atomic E-state index is 0.114. The van der Waals surface area contributed by atoms with E-state index in [1.54, 1.807) is 44.9 Å².